The Kier molecular flexibility index (Phi) is 4.59. The number of esters is 2. The van der Waals surface area contributed by atoms with Gasteiger partial charge in [0, 0.05) is 13.8 Å². The lowest BCUT2D eigenvalue weighted by Gasteiger charge is -2.46. The molecule has 0 aromatic rings. The molecule has 114 valence electrons. The first-order chi connectivity index (χ1) is 9.38. The van der Waals surface area contributed by atoms with Gasteiger partial charge in [0.25, 0.3) is 0 Å². The minimum atomic E-state index is -1.41. The van der Waals surface area contributed by atoms with Gasteiger partial charge >= 0.3 is 11.9 Å². The van der Waals surface area contributed by atoms with Crippen molar-refractivity contribution in [1.29, 1.82) is 0 Å². The van der Waals surface area contributed by atoms with Gasteiger partial charge in [-0.05, 0) is 6.92 Å². The van der Waals surface area contributed by atoms with Crippen LogP contribution in [-0.4, -0.2) is 60.6 Å². The van der Waals surface area contributed by atoms with E-state index in [9.17, 15) is 14.7 Å². The van der Waals surface area contributed by atoms with Crippen molar-refractivity contribution in [2.24, 2.45) is 0 Å². The summed E-state index contributed by atoms with van der Waals surface area (Å²) in [7, 11) is 0. The van der Waals surface area contributed by atoms with Crippen molar-refractivity contribution in [3.63, 3.8) is 0 Å². The van der Waals surface area contributed by atoms with Gasteiger partial charge in [0.15, 0.2) is 24.8 Å². The minimum absolute atomic E-state index is 0.188. The SMILES string of the molecule is CC(=O)O[C@@H]1[C@@H](OC(C)=O)[C@@H](O)O[C@@H]2COC(C)O[C@@H]12. The Morgan fingerprint density at radius 3 is 2.30 bits per heavy atom. The molecule has 0 amide bonds. The maximum absolute atomic E-state index is 11.2. The molecular weight excluding hydrogens is 272 g/mol. The molecule has 8 heteroatoms. The van der Waals surface area contributed by atoms with Crippen LogP contribution in [0.1, 0.15) is 20.8 Å². The number of hydrogen-bond acceptors (Lipinski definition) is 8. The summed E-state index contributed by atoms with van der Waals surface area (Å²) in [5.41, 5.74) is 0. The third kappa shape index (κ3) is 3.26. The lowest BCUT2D eigenvalue weighted by atomic mass is 9.97. The van der Waals surface area contributed by atoms with Gasteiger partial charge in [0.05, 0.1) is 6.61 Å². The van der Waals surface area contributed by atoms with E-state index in [0.29, 0.717) is 0 Å². The Labute approximate surface area is 115 Å². The number of aliphatic hydroxyl groups excluding tert-OH is 1. The average molecular weight is 290 g/mol. The van der Waals surface area contributed by atoms with E-state index in [4.69, 9.17) is 23.7 Å². The Hall–Kier alpha value is -1.22. The van der Waals surface area contributed by atoms with Crippen molar-refractivity contribution in [3.8, 4) is 0 Å². The lowest BCUT2D eigenvalue weighted by molar-refractivity contribution is -0.350. The molecule has 20 heavy (non-hydrogen) atoms. The van der Waals surface area contributed by atoms with Gasteiger partial charge in [-0.2, -0.15) is 0 Å². The molecule has 0 spiro atoms. The van der Waals surface area contributed by atoms with Gasteiger partial charge in [0.1, 0.15) is 12.2 Å². The van der Waals surface area contributed by atoms with E-state index in [2.05, 4.69) is 0 Å². The molecule has 0 radical (unpaired) electrons. The number of aliphatic hydroxyl groups is 1. The average Bonchev–Trinajstić information content (AvgIpc) is 2.33. The van der Waals surface area contributed by atoms with Crippen LogP contribution in [0.15, 0.2) is 0 Å². The zero-order valence-electron chi connectivity index (χ0n) is 11.5. The molecule has 0 aromatic heterocycles. The van der Waals surface area contributed by atoms with Crippen molar-refractivity contribution >= 4 is 11.9 Å². The van der Waals surface area contributed by atoms with E-state index >= 15 is 0 Å². The first-order valence-electron chi connectivity index (χ1n) is 6.33. The zero-order chi connectivity index (χ0) is 14.9. The summed E-state index contributed by atoms with van der Waals surface area (Å²) in [6, 6.07) is 0. The Morgan fingerprint density at radius 1 is 1.10 bits per heavy atom. The van der Waals surface area contributed by atoms with E-state index in [-0.39, 0.29) is 6.61 Å². The highest BCUT2D eigenvalue weighted by Gasteiger charge is 2.52. The van der Waals surface area contributed by atoms with Crippen molar-refractivity contribution in [2.75, 3.05) is 6.61 Å². The molecule has 0 bridgehead atoms. The fourth-order valence-electron chi connectivity index (χ4n) is 2.33. The van der Waals surface area contributed by atoms with E-state index in [1.165, 1.54) is 13.8 Å². The maximum Gasteiger partial charge on any atom is 0.303 e. The summed E-state index contributed by atoms with van der Waals surface area (Å²) in [6.45, 7) is 4.29. The molecule has 2 rings (SSSR count). The predicted molar refractivity (Wildman–Crippen MR) is 62.3 cm³/mol. The van der Waals surface area contributed by atoms with Gasteiger partial charge in [-0.1, -0.05) is 0 Å². The normalized spacial score (nSPS) is 40.6. The highest BCUT2D eigenvalue weighted by Crippen LogP contribution is 2.31. The van der Waals surface area contributed by atoms with Crippen LogP contribution in [0.5, 0.6) is 0 Å². The number of carbonyl (C=O) groups excluding carboxylic acids is 2. The Bertz CT molecular complexity index is 384. The molecule has 0 aromatic carbocycles. The number of fused-ring (bicyclic) bond motifs is 1. The van der Waals surface area contributed by atoms with Gasteiger partial charge < -0.3 is 28.8 Å². The van der Waals surface area contributed by atoms with Crippen LogP contribution in [0.2, 0.25) is 0 Å². The molecule has 2 aliphatic heterocycles. The summed E-state index contributed by atoms with van der Waals surface area (Å²) in [5.74, 6) is -1.18. The monoisotopic (exact) mass is 290 g/mol. The predicted octanol–water partition coefficient (Wildman–Crippen LogP) is -0.672. The second kappa shape index (κ2) is 6.04. The van der Waals surface area contributed by atoms with Crippen LogP contribution in [0.4, 0.5) is 0 Å². The molecule has 6 atom stereocenters. The van der Waals surface area contributed by atoms with Crippen LogP contribution in [0.3, 0.4) is 0 Å². The Morgan fingerprint density at radius 2 is 1.70 bits per heavy atom. The van der Waals surface area contributed by atoms with E-state index in [0.717, 1.165) is 0 Å². The second-order valence-corrected chi connectivity index (χ2v) is 4.71. The van der Waals surface area contributed by atoms with Crippen LogP contribution >= 0.6 is 0 Å². The van der Waals surface area contributed by atoms with Gasteiger partial charge in [-0.15, -0.1) is 0 Å². The highest BCUT2D eigenvalue weighted by molar-refractivity contribution is 5.67. The molecule has 2 aliphatic rings. The van der Waals surface area contributed by atoms with Crippen molar-refractivity contribution < 1.29 is 38.4 Å². The highest BCUT2D eigenvalue weighted by atomic mass is 16.7. The summed E-state index contributed by atoms with van der Waals surface area (Å²) in [4.78, 5) is 22.4. The van der Waals surface area contributed by atoms with Crippen LogP contribution in [-0.2, 0) is 33.3 Å². The standard InChI is InChI=1S/C12H18O8/c1-5(13)17-10-9-8(4-16-7(3)19-9)20-12(15)11(10)18-6(2)14/h7-12,15H,4H2,1-3H3/t7?,8-,9-,10+,11-,12+/m1/s1. The van der Waals surface area contributed by atoms with Crippen molar-refractivity contribution in [2.45, 2.75) is 57.8 Å². The third-order valence-electron chi connectivity index (χ3n) is 3.06. The quantitative estimate of drug-likeness (QED) is 0.668. The number of rotatable bonds is 2. The third-order valence-corrected chi connectivity index (χ3v) is 3.06. The molecule has 0 saturated carbocycles. The summed E-state index contributed by atoms with van der Waals surface area (Å²) in [5, 5.41) is 9.90. The lowest BCUT2D eigenvalue weighted by Crippen LogP contribution is -2.64. The van der Waals surface area contributed by atoms with E-state index in [1.807, 2.05) is 0 Å². The number of carbonyl (C=O) groups is 2. The molecule has 1 N–H and O–H groups in total. The zero-order valence-corrected chi connectivity index (χ0v) is 11.5. The largest absolute Gasteiger partial charge is 0.455 e. The van der Waals surface area contributed by atoms with Crippen LogP contribution < -0.4 is 0 Å². The fourth-order valence-corrected chi connectivity index (χ4v) is 2.33. The molecule has 0 aliphatic carbocycles. The second-order valence-electron chi connectivity index (χ2n) is 4.71. The van der Waals surface area contributed by atoms with Crippen LogP contribution in [0, 0.1) is 0 Å². The van der Waals surface area contributed by atoms with Crippen molar-refractivity contribution in [1.82, 2.24) is 0 Å². The molecule has 2 saturated heterocycles. The topological polar surface area (TPSA) is 101 Å². The number of ether oxygens (including phenoxy) is 5. The fraction of sp³-hybridized carbons (Fsp3) is 0.833. The Balaban J connectivity index is 2.21. The minimum Gasteiger partial charge on any atom is -0.455 e. The molecule has 2 heterocycles. The van der Waals surface area contributed by atoms with Gasteiger partial charge in [-0.3, -0.25) is 9.59 Å². The molecular formula is C12H18O8. The van der Waals surface area contributed by atoms with Crippen LogP contribution in [0.25, 0.3) is 0 Å². The van der Waals surface area contributed by atoms with Gasteiger partial charge in [-0.25, -0.2) is 0 Å². The molecule has 1 unspecified atom stereocenters. The molecule has 8 nitrogen and oxygen atoms in total. The van der Waals surface area contributed by atoms with Gasteiger partial charge in [0.2, 0.25) is 0 Å². The first-order valence-corrected chi connectivity index (χ1v) is 6.33. The first kappa shape index (κ1) is 15.2. The van der Waals surface area contributed by atoms with E-state index < -0.39 is 48.9 Å². The molecule has 2 fully saturated rings. The van der Waals surface area contributed by atoms with Crippen molar-refractivity contribution in [3.05, 3.63) is 0 Å². The maximum atomic E-state index is 11.2. The smallest absolute Gasteiger partial charge is 0.303 e. The van der Waals surface area contributed by atoms with E-state index in [1.54, 1.807) is 6.92 Å². The summed E-state index contributed by atoms with van der Waals surface area (Å²) < 4.78 is 26.2. The summed E-state index contributed by atoms with van der Waals surface area (Å²) >= 11 is 0. The number of hydrogen-bond donors (Lipinski definition) is 1. The summed E-state index contributed by atoms with van der Waals surface area (Å²) in [6.07, 6.45) is -5.27.